The number of anilines is 1. The number of rotatable bonds is 7. The van der Waals surface area contributed by atoms with Gasteiger partial charge in [-0.1, -0.05) is 85.6 Å². The van der Waals surface area contributed by atoms with Crippen molar-refractivity contribution in [1.82, 2.24) is 10.2 Å². The highest BCUT2D eigenvalue weighted by Gasteiger charge is 2.33. The minimum atomic E-state index is -0.0164. The lowest BCUT2D eigenvalue weighted by Gasteiger charge is -2.33. The second-order valence-electron chi connectivity index (χ2n) is 11.1. The Bertz CT molecular complexity index is 1210. The number of hydrogen-bond acceptors (Lipinski definition) is 2. The predicted octanol–water partition coefficient (Wildman–Crippen LogP) is 7.45. The van der Waals surface area contributed by atoms with Gasteiger partial charge in [0, 0.05) is 24.7 Å². The number of nitrogens with zero attached hydrogens (tertiary/aromatic N) is 2. The summed E-state index contributed by atoms with van der Waals surface area (Å²) in [4.78, 5) is 30.8. The number of amides is 3. The molecule has 5 heteroatoms. The minimum absolute atomic E-state index is 0.00920. The van der Waals surface area contributed by atoms with Crippen molar-refractivity contribution in [1.29, 1.82) is 0 Å². The number of nitrogens with one attached hydrogen (secondary N) is 1. The van der Waals surface area contributed by atoms with Gasteiger partial charge in [0.25, 0.3) is 0 Å². The third-order valence-electron chi connectivity index (χ3n) is 8.43. The quantitative estimate of drug-likeness (QED) is 0.350. The molecule has 1 saturated carbocycles. The zero-order valence-corrected chi connectivity index (χ0v) is 23.1. The highest BCUT2D eigenvalue weighted by atomic mass is 16.2. The molecule has 1 heterocycles. The van der Waals surface area contributed by atoms with E-state index in [4.69, 9.17) is 0 Å². The molecule has 3 amide bonds. The van der Waals surface area contributed by atoms with Gasteiger partial charge in [0.2, 0.25) is 5.91 Å². The smallest absolute Gasteiger partial charge is 0.324 e. The van der Waals surface area contributed by atoms with E-state index in [9.17, 15) is 9.59 Å². The fraction of sp³-hybridized carbons (Fsp3) is 0.412. The van der Waals surface area contributed by atoms with Gasteiger partial charge in [-0.05, 0) is 73.8 Å². The molecule has 1 N–H and O–H groups in total. The lowest BCUT2D eigenvalue weighted by atomic mass is 9.74. The van der Waals surface area contributed by atoms with Crippen LogP contribution >= 0.6 is 0 Å². The maximum absolute atomic E-state index is 13.5. The van der Waals surface area contributed by atoms with Crippen LogP contribution in [0.5, 0.6) is 0 Å². The summed E-state index contributed by atoms with van der Waals surface area (Å²) in [7, 11) is 0. The minimum Gasteiger partial charge on any atom is -0.349 e. The molecule has 0 spiro atoms. The molecule has 0 bridgehead atoms. The first kappa shape index (κ1) is 27.0. The first-order chi connectivity index (χ1) is 19.1. The SMILES string of the molecule is C[C@H](NC(=O)[C@H]1CCCC[C@@H]1c1ccc(CN(C(=O)N2CCCCC2)c2ccccc2)cc1)c1ccccc1. The molecule has 0 unspecified atom stereocenters. The van der Waals surface area contributed by atoms with Crippen molar-refractivity contribution >= 4 is 17.6 Å². The molecule has 0 aromatic heterocycles. The summed E-state index contributed by atoms with van der Waals surface area (Å²) in [5, 5.41) is 3.28. The Kier molecular flexibility index (Phi) is 8.97. The highest BCUT2D eigenvalue weighted by Crippen LogP contribution is 2.38. The number of para-hydroxylation sites is 1. The van der Waals surface area contributed by atoms with E-state index >= 15 is 0 Å². The van der Waals surface area contributed by atoms with Crippen LogP contribution in [0.15, 0.2) is 84.9 Å². The lowest BCUT2D eigenvalue weighted by Crippen LogP contribution is -2.45. The fourth-order valence-corrected chi connectivity index (χ4v) is 6.18. The average Bonchev–Trinajstić information content (AvgIpc) is 3.01. The normalized spacial score (nSPS) is 20.2. The number of benzene rings is 3. The third-order valence-corrected chi connectivity index (χ3v) is 8.43. The monoisotopic (exact) mass is 523 g/mol. The summed E-state index contributed by atoms with van der Waals surface area (Å²) >= 11 is 0. The number of piperidine rings is 1. The van der Waals surface area contributed by atoms with Gasteiger partial charge in [-0.25, -0.2) is 4.79 Å². The Morgan fingerprint density at radius 3 is 2.15 bits per heavy atom. The Labute approximate surface area is 233 Å². The largest absolute Gasteiger partial charge is 0.349 e. The Morgan fingerprint density at radius 1 is 0.821 bits per heavy atom. The molecule has 1 saturated heterocycles. The molecule has 0 radical (unpaired) electrons. The molecule has 1 aliphatic carbocycles. The average molecular weight is 524 g/mol. The summed E-state index contributed by atoms with van der Waals surface area (Å²) in [5.74, 6) is 0.357. The molecule has 3 atom stereocenters. The summed E-state index contributed by atoms with van der Waals surface area (Å²) < 4.78 is 0. The molecule has 2 fully saturated rings. The molecule has 5 rings (SSSR count). The van der Waals surface area contributed by atoms with E-state index in [-0.39, 0.29) is 29.8 Å². The van der Waals surface area contributed by atoms with Crippen LogP contribution in [0.1, 0.15) is 80.5 Å². The Balaban J connectivity index is 1.29. The van der Waals surface area contributed by atoms with Crippen molar-refractivity contribution in [2.75, 3.05) is 18.0 Å². The van der Waals surface area contributed by atoms with Crippen LogP contribution < -0.4 is 10.2 Å². The molecule has 3 aromatic carbocycles. The number of carbonyl (C=O) groups is 2. The third kappa shape index (κ3) is 6.70. The topological polar surface area (TPSA) is 52.7 Å². The van der Waals surface area contributed by atoms with E-state index in [0.29, 0.717) is 6.54 Å². The van der Waals surface area contributed by atoms with Gasteiger partial charge in [-0.15, -0.1) is 0 Å². The molecule has 39 heavy (non-hydrogen) atoms. The van der Waals surface area contributed by atoms with Gasteiger partial charge in [0.05, 0.1) is 12.6 Å². The molecular formula is C34H41N3O2. The van der Waals surface area contributed by atoms with E-state index in [1.54, 1.807) is 0 Å². The van der Waals surface area contributed by atoms with Crippen molar-refractivity contribution in [2.24, 2.45) is 5.92 Å². The van der Waals surface area contributed by atoms with Gasteiger partial charge in [0.1, 0.15) is 0 Å². The Morgan fingerprint density at radius 2 is 1.46 bits per heavy atom. The van der Waals surface area contributed by atoms with Crippen molar-refractivity contribution in [3.63, 3.8) is 0 Å². The van der Waals surface area contributed by atoms with E-state index in [1.807, 2.05) is 58.3 Å². The van der Waals surface area contributed by atoms with Gasteiger partial charge in [-0.2, -0.15) is 0 Å². The number of likely N-dealkylation sites (tertiary alicyclic amines) is 1. The maximum Gasteiger partial charge on any atom is 0.324 e. The van der Waals surface area contributed by atoms with E-state index in [0.717, 1.165) is 68.4 Å². The lowest BCUT2D eigenvalue weighted by molar-refractivity contribution is -0.127. The molecule has 2 aliphatic rings. The van der Waals surface area contributed by atoms with Gasteiger partial charge in [0.15, 0.2) is 0 Å². The van der Waals surface area contributed by atoms with E-state index in [2.05, 4.69) is 48.6 Å². The van der Waals surface area contributed by atoms with Gasteiger partial charge < -0.3 is 10.2 Å². The van der Waals surface area contributed by atoms with Gasteiger partial charge >= 0.3 is 6.03 Å². The first-order valence-corrected chi connectivity index (χ1v) is 14.7. The molecule has 3 aromatic rings. The van der Waals surface area contributed by atoms with Crippen LogP contribution in [0, 0.1) is 5.92 Å². The van der Waals surface area contributed by atoms with Crippen molar-refractivity contribution in [3.05, 3.63) is 102 Å². The van der Waals surface area contributed by atoms with Gasteiger partial charge in [-0.3, -0.25) is 9.69 Å². The predicted molar refractivity (Wildman–Crippen MR) is 158 cm³/mol. The zero-order chi connectivity index (χ0) is 27.0. The first-order valence-electron chi connectivity index (χ1n) is 14.7. The summed E-state index contributed by atoms with van der Waals surface area (Å²) in [6.07, 6.45) is 7.54. The molecule has 204 valence electrons. The maximum atomic E-state index is 13.5. The number of hydrogen-bond donors (Lipinski definition) is 1. The highest BCUT2D eigenvalue weighted by molar-refractivity contribution is 5.92. The molecule has 5 nitrogen and oxygen atoms in total. The number of urea groups is 1. The second-order valence-corrected chi connectivity index (χ2v) is 11.1. The van der Waals surface area contributed by atoms with Crippen LogP contribution in [-0.2, 0) is 11.3 Å². The standard InChI is InChI=1S/C34H41N3O2/c1-26(28-13-5-2-6-14-28)35-33(38)32-18-10-9-17-31(32)29-21-19-27(20-22-29)25-37(30-15-7-3-8-16-30)34(39)36-23-11-4-12-24-36/h2-3,5-8,13-16,19-22,26,31-32H,4,9-12,17-18,23-25H2,1H3,(H,35,38)/t26-,31+,32-/m0/s1. The molecule has 1 aliphatic heterocycles. The van der Waals surface area contributed by atoms with Crippen LogP contribution in [0.4, 0.5) is 10.5 Å². The summed E-state index contributed by atoms with van der Waals surface area (Å²) in [6.45, 7) is 4.25. The van der Waals surface area contributed by atoms with Crippen LogP contribution in [0.3, 0.4) is 0 Å². The van der Waals surface area contributed by atoms with Crippen LogP contribution in [0.2, 0.25) is 0 Å². The molecular weight excluding hydrogens is 482 g/mol. The van der Waals surface area contributed by atoms with Crippen molar-refractivity contribution in [3.8, 4) is 0 Å². The van der Waals surface area contributed by atoms with E-state index in [1.165, 1.54) is 12.0 Å². The Hall–Kier alpha value is -3.60. The fourth-order valence-electron chi connectivity index (χ4n) is 6.18. The zero-order valence-electron chi connectivity index (χ0n) is 23.1. The summed E-state index contributed by atoms with van der Waals surface area (Å²) in [6, 6.07) is 28.9. The van der Waals surface area contributed by atoms with Crippen molar-refractivity contribution < 1.29 is 9.59 Å². The van der Waals surface area contributed by atoms with E-state index < -0.39 is 0 Å². The number of carbonyl (C=O) groups excluding carboxylic acids is 2. The van der Waals surface area contributed by atoms with Crippen LogP contribution in [0.25, 0.3) is 0 Å². The van der Waals surface area contributed by atoms with Crippen molar-refractivity contribution in [2.45, 2.75) is 70.4 Å². The summed E-state index contributed by atoms with van der Waals surface area (Å²) in [5.41, 5.74) is 4.38. The second kappa shape index (κ2) is 13.0. The van der Waals surface area contributed by atoms with Crippen LogP contribution in [-0.4, -0.2) is 29.9 Å².